The molecule has 3 rings (SSSR count). The van der Waals surface area contributed by atoms with E-state index in [0.717, 1.165) is 23.1 Å². The standard InChI is InChI=1S/C31H38N2O5S2/c1-5-6-20-40(36,37)33(25-13-8-7-9-14-25)22-24-16-17-27(28(21-24)26-15-11-10-12-23(26)2)30(34)32-29(18-19-39-4)31(35)38-3/h7-17,21,29H,5-6,18-20,22H2,1-4H3,(H,32,34). The maximum absolute atomic E-state index is 13.5. The van der Waals surface area contributed by atoms with Crippen molar-refractivity contribution in [2.24, 2.45) is 0 Å². The number of rotatable bonds is 14. The van der Waals surface area contributed by atoms with Crippen LogP contribution in [0.2, 0.25) is 0 Å². The molecule has 0 fully saturated rings. The van der Waals surface area contributed by atoms with Gasteiger partial charge >= 0.3 is 5.97 Å². The molecule has 1 unspecified atom stereocenters. The van der Waals surface area contributed by atoms with Crippen molar-refractivity contribution in [3.63, 3.8) is 0 Å². The van der Waals surface area contributed by atoms with E-state index in [0.29, 0.717) is 35.4 Å². The Hall–Kier alpha value is -3.30. The van der Waals surface area contributed by atoms with Crippen LogP contribution < -0.4 is 9.62 Å². The highest BCUT2D eigenvalue weighted by Crippen LogP contribution is 2.30. The summed E-state index contributed by atoms with van der Waals surface area (Å²) in [7, 11) is -2.28. The SMILES string of the molecule is CCCCS(=O)(=O)N(Cc1ccc(C(=O)NC(CCSC)C(=O)OC)c(-c2ccccc2C)c1)c1ccccc1. The number of hydrogen-bond donors (Lipinski definition) is 1. The number of aryl methyl sites for hydroxylation is 1. The van der Waals surface area contributed by atoms with Gasteiger partial charge in [-0.15, -0.1) is 0 Å². The summed E-state index contributed by atoms with van der Waals surface area (Å²) in [6.07, 6.45) is 3.72. The number of carbonyl (C=O) groups excluding carboxylic acids is 2. The lowest BCUT2D eigenvalue weighted by Gasteiger charge is -2.25. The van der Waals surface area contributed by atoms with Crippen LogP contribution in [0.15, 0.2) is 72.8 Å². The number of methoxy groups -OCH3 is 1. The van der Waals surface area contributed by atoms with Crippen LogP contribution in [0.5, 0.6) is 0 Å². The molecule has 9 heteroatoms. The molecule has 40 heavy (non-hydrogen) atoms. The molecule has 7 nitrogen and oxygen atoms in total. The van der Waals surface area contributed by atoms with E-state index in [2.05, 4.69) is 5.32 Å². The first-order valence-corrected chi connectivity index (χ1v) is 16.3. The summed E-state index contributed by atoms with van der Waals surface area (Å²) in [5.74, 6) is -0.149. The molecule has 0 bridgehead atoms. The molecule has 3 aromatic rings. The van der Waals surface area contributed by atoms with Crippen LogP contribution in [0.1, 0.15) is 47.7 Å². The summed E-state index contributed by atoms with van der Waals surface area (Å²) in [4.78, 5) is 25.9. The fraction of sp³-hybridized carbons (Fsp3) is 0.355. The van der Waals surface area contributed by atoms with Gasteiger partial charge in [-0.25, -0.2) is 13.2 Å². The predicted octanol–water partition coefficient (Wildman–Crippen LogP) is 5.82. The lowest BCUT2D eigenvalue weighted by Crippen LogP contribution is -2.42. The molecule has 0 aliphatic carbocycles. The van der Waals surface area contributed by atoms with Gasteiger partial charge in [0, 0.05) is 5.56 Å². The number of carbonyl (C=O) groups is 2. The second-order valence-electron chi connectivity index (χ2n) is 9.54. The van der Waals surface area contributed by atoms with E-state index < -0.39 is 27.9 Å². The molecule has 0 spiro atoms. The average molecular weight is 583 g/mol. The number of esters is 1. The Morgan fingerprint density at radius 2 is 1.70 bits per heavy atom. The molecule has 0 aliphatic heterocycles. The van der Waals surface area contributed by atoms with Crippen LogP contribution in [-0.4, -0.2) is 51.2 Å². The summed E-state index contributed by atoms with van der Waals surface area (Å²) in [6, 6.07) is 21.4. The van der Waals surface area contributed by atoms with E-state index in [-0.39, 0.29) is 12.3 Å². The Morgan fingerprint density at radius 1 is 1.00 bits per heavy atom. The van der Waals surface area contributed by atoms with Crippen LogP contribution in [0.4, 0.5) is 5.69 Å². The van der Waals surface area contributed by atoms with Gasteiger partial charge in [-0.2, -0.15) is 11.8 Å². The first-order valence-electron chi connectivity index (χ1n) is 13.3. The van der Waals surface area contributed by atoms with E-state index in [1.54, 1.807) is 36.0 Å². The smallest absolute Gasteiger partial charge is 0.328 e. The third-order valence-electron chi connectivity index (χ3n) is 6.63. The minimum atomic E-state index is -3.58. The van der Waals surface area contributed by atoms with Crippen LogP contribution in [0, 0.1) is 6.92 Å². The Labute approximate surface area is 242 Å². The third kappa shape index (κ3) is 8.11. The quantitative estimate of drug-likeness (QED) is 0.241. The monoisotopic (exact) mass is 582 g/mol. The summed E-state index contributed by atoms with van der Waals surface area (Å²) < 4.78 is 33.1. The molecule has 1 atom stereocenters. The number of benzene rings is 3. The van der Waals surface area contributed by atoms with Crippen LogP contribution in [0.3, 0.4) is 0 Å². The number of hydrogen-bond acceptors (Lipinski definition) is 6. The second-order valence-corrected chi connectivity index (χ2v) is 12.5. The molecule has 0 saturated heterocycles. The lowest BCUT2D eigenvalue weighted by molar-refractivity contribution is -0.142. The number of thioether (sulfide) groups is 1. The van der Waals surface area contributed by atoms with E-state index in [4.69, 9.17) is 4.74 Å². The largest absolute Gasteiger partial charge is 0.467 e. The van der Waals surface area contributed by atoms with Crippen LogP contribution >= 0.6 is 11.8 Å². The number of amides is 1. The molecule has 214 valence electrons. The van der Waals surface area contributed by atoms with Gasteiger partial charge in [0.1, 0.15) is 6.04 Å². The normalized spacial score (nSPS) is 12.0. The summed E-state index contributed by atoms with van der Waals surface area (Å²) in [5, 5.41) is 2.85. The summed E-state index contributed by atoms with van der Waals surface area (Å²) >= 11 is 1.58. The highest BCUT2D eigenvalue weighted by molar-refractivity contribution is 7.98. The highest BCUT2D eigenvalue weighted by Gasteiger charge is 2.26. The molecule has 0 heterocycles. The molecule has 1 N–H and O–H groups in total. The van der Waals surface area contributed by atoms with E-state index in [9.17, 15) is 18.0 Å². The fourth-order valence-corrected chi connectivity index (χ4v) is 6.53. The number of ether oxygens (including phenoxy) is 1. The first-order chi connectivity index (χ1) is 19.2. The van der Waals surface area contributed by atoms with Gasteiger partial charge in [0.2, 0.25) is 10.0 Å². The van der Waals surface area contributed by atoms with Crippen LogP contribution in [0.25, 0.3) is 11.1 Å². The lowest BCUT2D eigenvalue weighted by atomic mass is 9.93. The number of unbranched alkanes of at least 4 members (excludes halogenated alkanes) is 1. The number of nitrogens with zero attached hydrogens (tertiary/aromatic N) is 1. The van der Waals surface area contributed by atoms with Gasteiger partial charge in [0.05, 0.1) is 25.1 Å². The van der Waals surface area contributed by atoms with Gasteiger partial charge in [0.15, 0.2) is 0 Å². The van der Waals surface area contributed by atoms with Gasteiger partial charge in [-0.3, -0.25) is 9.10 Å². The van der Waals surface area contributed by atoms with Gasteiger partial charge in [-0.05, 0) is 78.3 Å². The third-order valence-corrected chi connectivity index (χ3v) is 9.09. The number of nitrogens with one attached hydrogen (secondary N) is 1. The summed E-state index contributed by atoms with van der Waals surface area (Å²) in [6.45, 7) is 4.05. The van der Waals surface area contributed by atoms with Gasteiger partial charge in [0.25, 0.3) is 5.91 Å². The highest BCUT2D eigenvalue weighted by atomic mass is 32.2. The molecular weight excluding hydrogens is 544 g/mol. The van der Waals surface area contributed by atoms with Gasteiger partial charge < -0.3 is 10.1 Å². The number of anilines is 1. The van der Waals surface area contributed by atoms with Crippen LogP contribution in [-0.2, 0) is 26.1 Å². The molecule has 0 aliphatic rings. The second kappa shape index (κ2) is 14.9. The number of para-hydroxylation sites is 1. The number of sulfonamides is 1. The van der Waals surface area contributed by atoms with Crippen molar-refractivity contribution in [1.29, 1.82) is 0 Å². The van der Waals surface area contributed by atoms with E-state index >= 15 is 0 Å². The Balaban J connectivity index is 2.06. The maximum Gasteiger partial charge on any atom is 0.328 e. The molecule has 0 aromatic heterocycles. The molecule has 0 radical (unpaired) electrons. The van der Waals surface area contributed by atoms with Crippen molar-refractivity contribution in [2.75, 3.05) is 29.2 Å². The van der Waals surface area contributed by atoms with Gasteiger partial charge in [-0.1, -0.05) is 61.9 Å². The van der Waals surface area contributed by atoms with Crippen molar-refractivity contribution < 1.29 is 22.7 Å². The zero-order valence-electron chi connectivity index (χ0n) is 23.6. The first kappa shape index (κ1) is 31.2. The zero-order valence-corrected chi connectivity index (χ0v) is 25.2. The fourth-order valence-electron chi connectivity index (χ4n) is 4.40. The molecular formula is C31H38N2O5S2. The zero-order chi connectivity index (χ0) is 29.1. The Kier molecular flexibility index (Phi) is 11.6. The molecule has 3 aromatic carbocycles. The van der Waals surface area contributed by atoms with Crippen molar-refractivity contribution in [2.45, 2.75) is 45.7 Å². The maximum atomic E-state index is 13.5. The molecule has 1 amide bonds. The van der Waals surface area contributed by atoms with E-state index in [1.807, 2.05) is 68.6 Å². The topological polar surface area (TPSA) is 92.8 Å². The predicted molar refractivity (Wildman–Crippen MR) is 164 cm³/mol. The Bertz CT molecular complexity index is 1390. The van der Waals surface area contributed by atoms with Crippen molar-refractivity contribution >= 4 is 39.3 Å². The minimum absolute atomic E-state index is 0.0501. The van der Waals surface area contributed by atoms with Crippen molar-refractivity contribution in [3.8, 4) is 11.1 Å². The summed E-state index contributed by atoms with van der Waals surface area (Å²) in [5.41, 5.74) is 4.22. The Morgan fingerprint density at radius 3 is 2.35 bits per heavy atom. The minimum Gasteiger partial charge on any atom is -0.467 e. The van der Waals surface area contributed by atoms with Crippen molar-refractivity contribution in [3.05, 3.63) is 89.5 Å². The van der Waals surface area contributed by atoms with Crippen molar-refractivity contribution in [1.82, 2.24) is 5.32 Å². The van der Waals surface area contributed by atoms with E-state index in [1.165, 1.54) is 11.4 Å². The average Bonchev–Trinajstić information content (AvgIpc) is 2.97. The molecule has 0 saturated carbocycles.